The standard InChI is InChI=1S/C19H20N4O/c1-2-22-10-15-16(21-22)8-7-14(19(15)24)18-13-6-4-3-5-12(13)17-9-20-11-23(17)18/h3-6,9-11,14,18-19,24H,2,7-8H2,1H3. The monoisotopic (exact) mass is 320 g/mol. The van der Waals surface area contributed by atoms with Crippen molar-refractivity contribution in [3.05, 3.63) is 59.8 Å². The van der Waals surface area contributed by atoms with E-state index in [1.807, 2.05) is 23.4 Å². The summed E-state index contributed by atoms with van der Waals surface area (Å²) < 4.78 is 4.16. The lowest BCUT2D eigenvalue weighted by Crippen LogP contribution is -2.28. The van der Waals surface area contributed by atoms with Gasteiger partial charge in [0.25, 0.3) is 0 Å². The molecule has 1 aliphatic carbocycles. The van der Waals surface area contributed by atoms with Gasteiger partial charge in [0.1, 0.15) is 0 Å². The Hall–Kier alpha value is -2.40. The van der Waals surface area contributed by atoms with Gasteiger partial charge in [-0.1, -0.05) is 24.3 Å². The summed E-state index contributed by atoms with van der Waals surface area (Å²) in [7, 11) is 0. The lowest BCUT2D eigenvalue weighted by molar-refractivity contribution is 0.0718. The van der Waals surface area contributed by atoms with E-state index in [0.29, 0.717) is 0 Å². The highest BCUT2D eigenvalue weighted by molar-refractivity contribution is 5.69. The number of hydrogen-bond acceptors (Lipinski definition) is 3. The van der Waals surface area contributed by atoms with Gasteiger partial charge in [0.15, 0.2) is 0 Å². The summed E-state index contributed by atoms with van der Waals surface area (Å²) in [5.74, 6) is 0.142. The molecule has 0 amide bonds. The van der Waals surface area contributed by atoms with Gasteiger partial charge in [0.2, 0.25) is 0 Å². The number of aliphatic hydroxyl groups excluding tert-OH is 1. The van der Waals surface area contributed by atoms with Crippen LogP contribution in [0.15, 0.2) is 43.0 Å². The van der Waals surface area contributed by atoms with Crippen LogP contribution in [-0.2, 0) is 13.0 Å². The molecule has 1 aromatic carbocycles. The van der Waals surface area contributed by atoms with Gasteiger partial charge in [0.05, 0.1) is 36.1 Å². The van der Waals surface area contributed by atoms with E-state index in [4.69, 9.17) is 0 Å². The molecule has 0 spiro atoms. The molecule has 3 unspecified atom stereocenters. The molecule has 122 valence electrons. The fourth-order valence-corrected chi connectivity index (χ4v) is 4.41. The molecule has 24 heavy (non-hydrogen) atoms. The highest BCUT2D eigenvalue weighted by Gasteiger charge is 2.41. The Balaban J connectivity index is 1.60. The highest BCUT2D eigenvalue weighted by atomic mass is 16.3. The van der Waals surface area contributed by atoms with Crippen molar-refractivity contribution in [2.24, 2.45) is 5.92 Å². The minimum absolute atomic E-state index is 0.142. The van der Waals surface area contributed by atoms with E-state index < -0.39 is 6.10 Å². The second-order valence-electron chi connectivity index (χ2n) is 6.75. The molecule has 3 heterocycles. The van der Waals surface area contributed by atoms with E-state index in [2.05, 4.69) is 45.8 Å². The van der Waals surface area contributed by atoms with Gasteiger partial charge >= 0.3 is 0 Å². The van der Waals surface area contributed by atoms with Crippen molar-refractivity contribution >= 4 is 0 Å². The Labute approximate surface area is 140 Å². The minimum Gasteiger partial charge on any atom is -0.388 e. The van der Waals surface area contributed by atoms with E-state index in [1.54, 1.807) is 0 Å². The summed E-state index contributed by atoms with van der Waals surface area (Å²) >= 11 is 0. The number of rotatable bonds is 2. The first-order valence-electron chi connectivity index (χ1n) is 8.63. The van der Waals surface area contributed by atoms with Gasteiger partial charge in [-0.2, -0.15) is 5.10 Å². The molecule has 0 fully saturated rings. The smallest absolute Gasteiger partial charge is 0.0956 e. The van der Waals surface area contributed by atoms with Gasteiger partial charge in [0, 0.05) is 29.8 Å². The molecule has 5 nitrogen and oxygen atoms in total. The van der Waals surface area contributed by atoms with E-state index in [0.717, 1.165) is 36.3 Å². The van der Waals surface area contributed by atoms with Crippen molar-refractivity contribution in [3.63, 3.8) is 0 Å². The van der Waals surface area contributed by atoms with Crippen LogP contribution in [-0.4, -0.2) is 24.4 Å². The van der Waals surface area contributed by atoms with Crippen molar-refractivity contribution in [1.82, 2.24) is 19.3 Å². The van der Waals surface area contributed by atoms with Crippen molar-refractivity contribution in [2.45, 2.75) is 38.5 Å². The number of nitrogens with zero attached hydrogens (tertiary/aromatic N) is 4. The van der Waals surface area contributed by atoms with Gasteiger partial charge in [-0.05, 0) is 25.3 Å². The van der Waals surface area contributed by atoms with Crippen LogP contribution in [0.2, 0.25) is 0 Å². The fraction of sp³-hybridized carbons (Fsp3) is 0.368. The zero-order valence-corrected chi connectivity index (χ0v) is 13.6. The summed E-state index contributed by atoms with van der Waals surface area (Å²) in [6, 6.07) is 8.64. The molecule has 2 aliphatic rings. The second-order valence-corrected chi connectivity index (χ2v) is 6.75. The van der Waals surface area contributed by atoms with Crippen LogP contribution in [0.3, 0.4) is 0 Å². The molecule has 1 aliphatic heterocycles. The van der Waals surface area contributed by atoms with E-state index >= 15 is 0 Å². The third-order valence-electron chi connectivity index (χ3n) is 5.56. The van der Waals surface area contributed by atoms with Crippen LogP contribution < -0.4 is 0 Å². The first kappa shape index (κ1) is 14.0. The molecule has 5 heteroatoms. The van der Waals surface area contributed by atoms with Crippen LogP contribution in [0, 0.1) is 5.92 Å². The summed E-state index contributed by atoms with van der Waals surface area (Å²) in [4.78, 5) is 4.34. The summed E-state index contributed by atoms with van der Waals surface area (Å²) in [5, 5.41) is 15.7. The second kappa shape index (κ2) is 5.05. The Bertz CT molecular complexity index is 910. The lowest BCUT2D eigenvalue weighted by Gasteiger charge is -2.33. The largest absolute Gasteiger partial charge is 0.388 e. The molecule has 3 aromatic rings. The Kier molecular flexibility index (Phi) is 2.94. The molecule has 0 saturated carbocycles. The average Bonchev–Trinajstić information content (AvgIpc) is 3.29. The first-order chi connectivity index (χ1) is 11.8. The number of imidazole rings is 1. The average molecular weight is 320 g/mol. The topological polar surface area (TPSA) is 55.9 Å². The third kappa shape index (κ3) is 1.79. The third-order valence-corrected chi connectivity index (χ3v) is 5.56. The predicted molar refractivity (Wildman–Crippen MR) is 90.5 cm³/mol. The number of aryl methyl sites for hydroxylation is 2. The van der Waals surface area contributed by atoms with Crippen molar-refractivity contribution < 1.29 is 5.11 Å². The molecule has 0 saturated heterocycles. The molecular weight excluding hydrogens is 300 g/mol. The Morgan fingerprint density at radius 1 is 1.25 bits per heavy atom. The summed E-state index contributed by atoms with van der Waals surface area (Å²) in [6.07, 6.45) is 7.22. The predicted octanol–water partition coefficient (Wildman–Crippen LogP) is 2.97. The molecular formula is C19H20N4O. The molecule has 0 radical (unpaired) electrons. The summed E-state index contributed by atoms with van der Waals surface area (Å²) in [5.41, 5.74) is 5.74. The zero-order chi connectivity index (χ0) is 16.3. The number of benzene rings is 1. The van der Waals surface area contributed by atoms with Crippen molar-refractivity contribution in [3.8, 4) is 11.3 Å². The quantitative estimate of drug-likeness (QED) is 0.790. The normalized spacial score (nSPS) is 24.5. The maximum absolute atomic E-state index is 11.1. The van der Waals surface area contributed by atoms with Gasteiger partial charge in [-0.3, -0.25) is 4.68 Å². The van der Waals surface area contributed by atoms with E-state index in [-0.39, 0.29) is 12.0 Å². The molecule has 2 aromatic heterocycles. The molecule has 1 N–H and O–H groups in total. The molecule has 5 rings (SSSR count). The Morgan fingerprint density at radius 3 is 3.00 bits per heavy atom. The summed E-state index contributed by atoms with van der Waals surface area (Å²) in [6.45, 7) is 2.91. The van der Waals surface area contributed by atoms with Crippen LogP contribution >= 0.6 is 0 Å². The first-order valence-corrected chi connectivity index (χ1v) is 8.63. The maximum atomic E-state index is 11.1. The van der Waals surface area contributed by atoms with Crippen LogP contribution in [0.1, 0.15) is 42.3 Å². The molecule has 0 bridgehead atoms. The van der Waals surface area contributed by atoms with Gasteiger partial charge < -0.3 is 9.67 Å². The SMILES string of the molecule is CCn1cc2c(n1)CCC(C1c3ccccc3-c3cncn31)C2O. The number of aliphatic hydroxyl groups is 1. The Morgan fingerprint density at radius 2 is 2.12 bits per heavy atom. The number of aromatic nitrogens is 4. The number of fused-ring (bicyclic) bond motifs is 4. The van der Waals surface area contributed by atoms with Crippen LogP contribution in [0.5, 0.6) is 0 Å². The highest BCUT2D eigenvalue weighted by Crippen LogP contribution is 2.49. The maximum Gasteiger partial charge on any atom is 0.0956 e. The van der Waals surface area contributed by atoms with Crippen molar-refractivity contribution in [1.29, 1.82) is 0 Å². The minimum atomic E-state index is -0.486. The van der Waals surface area contributed by atoms with Gasteiger partial charge in [-0.25, -0.2) is 4.98 Å². The lowest BCUT2D eigenvalue weighted by atomic mass is 9.78. The zero-order valence-electron chi connectivity index (χ0n) is 13.6. The van der Waals surface area contributed by atoms with E-state index in [9.17, 15) is 5.11 Å². The molecule has 3 atom stereocenters. The van der Waals surface area contributed by atoms with Crippen LogP contribution in [0.25, 0.3) is 11.3 Å². The fourth-order valence-electron chi connectivity index (χ4n) is 4.41. The number of hydrogen-bond donors (Lipinski definition) is 1. The van der Waals surface area contributed by atoms with Gasteiger partial charge in [-0.15, -0.1) is 0 Å². The van der Waals surface area contributed by atoms with E-state index in [1.165, 1.54) is 11.1 Å². The van der Waals surface area contributed by atoms with Crippen LogP contribution in [0.4, 0.5) is 0 Å². The van der Waals surface area contributed by atoms with Crippen molar-refractivity contribution in [2.75, 3.05) is 0 Å².